The van der Waals surface area contributed by atoms with E-state index in [0.29, 0.717) is 13.1 Å². The lowest BCUT2D eigenvalue weighted by Crippen LogP contribution is -2.50. The number of hydrogen-bond acceptors (Lipinski definition) is 5. The van der Waals surface area contributed by atoms with Crippen LogP contribution in [-0.4, -0.2) is 44.1 Å². The summed E-state index contributed by atoms with van der Waals surface area (Å²) in [5.41, 5.74) is 5.81. The molecule has 0 bridgehead atoms. The third kappa shape index (κ3) is 4.96. The minimum atomic E-state index is -3.84. The Kier molecular flexibility index (Phi) is 5.57. The van der Waals surface area contributed by atoms with Crippen molar-refractivity contribution in [3.63, 3.8) is 0 Å². The van der Waals surface area contributed by atoms with Gasteiger partial charge in [0, 0.05) is 19.1 Å². The number of nitrogens with one attached hydrogen (secondary N) is 1. The number of nitrogens with zero attached hydrogens (tertiary/aromatic N) is 1. The van der Waals surface area contributed by atoms with Crippen LogP contribution in [0.5, 0.6) is 0 Å². The van der Waals surface area contributed by atoms with E-state index in [2.05, 4.69) is 0 Å². The van der Waals surface area contributed by atoms with E-state index in [1.54, 1.807) is 13.8 Å². The van der Waals surface area contributed by atoms with Gasteiger partial charge in [-0.25, -0.2) is 9.52 Å². The molecule has 1 saturated heterocycles. The molecule has 1 heterocycles. The van der Waals surface area contributed by atoms with Gasteiger partial charge in [-0.2, -0.15) is 12.7 Å². The van der Waals surface area contributed by atoms with Gasteiger partial charge >= 0.3 is 16.3 Å². The maximum Gasteiger partial charge on any atom is 0.422 e. The molecular weight excluding hydrogens is 270 g/mol. The van der Waals surface area contributed by atoms with Crippen LogP contribution >= 0.6 is 0 Å². The van der Waals surface area contributed by atoms with Crippen molar-refractivity contribution in [1.82, 2.24) is 9.03 Å². The lowest BCUT2D eigenvalue weighted by atomic mass is 9.93. The van der Waals surface area contributed by atoms with E-state index in [0.717, 1.165) is 12.8 Å². The van der Waals surface area contributed by atoms with Crippen molar-refractivity contribution in [2.24, 2.45) is 11.7 Å². The van der Waals surface area contributed by atoms with Crippen molar-refractivity contribution < 1.29 is 17.9 Å². The SMILES string of the molecule is CC(C)OC(=O)NS(=O)(=O)N1CCCC(C(C)N)C1. The zero-order valence-corrected chi connectivity index (χ0v) is 12.4. The molecular formula is C11H23N3O4S. The molecule has 2 atom stereocenters. The Labute approximate surface area is 114 Å². The average molecular weight is 293 g/mol. The highest BCUT2D eigenvalue weighted by molar-refractivity contribution is 7.87. The Bertz CT molecular complexity index is 408. The molecule has 1 aliphatic heterocycles. The first-order chi connectivity index (χ1) is 8.72. The number of nitrogens with two attached hydrogens (primary N) is 1. The maximum atomic E-state index is 12.0. The summed E-state index contributed by atoms with van der Waals surface area (Å²) in [5.74, 6) is 0.117. The van der Waals surface area contributed by atoms with Crippen molar-refractivity contribution in [3.8, 4) is 0 Å². The van der Waals surface area contributed by atoms with Crippen LogP contribution < -0.4 is 10.5 Å². The van der Waals surface area contributed by atoms with Gasteiger partial charge in [0.2, 0.25) is 0 Å². The second-order valence-corrected chi connectivity index (χ2v) is 6.85. The van der Waals surface area contributed by atoms with Gasteiger partial charge in [-0.1, -0.05) is 0 Å². The predicted octanol–water partition coefficient (Wildman–Crippen LogP) is 0.425. The first-order valence-corrected chi connectivity index (χ1v) is 7.90. The van der Waals surface area contributed by atoms with Crippen molar-refractivity contribution in [2.45, 2.75) is 45.8 Å². The van der Waals surface area contributed by atoms with Gasteiger partial charge in [0.25, 0.3) is 0 Å². The van der Waals surface area contributed by atoms with E-state index in [-0.39, 0.29) is 18.1 Å². The van der Waals surface area contributed by atoms with Gasteiger partial charge < -0.3 is 10.5 Å². The minimum absolute atomic E-state index is 0.0689. The van der Waals surface area contributed by atoms with Crippen LogP contribution in [-0.2, 0) is 14.9 Å². The molecule has 0 aromatic heterocycles. The zero-order valence-electron chi connectivity index (χ0n) is 11.6. The molecule has 0 aromatic rings. The van der Waals surface area contributed by atoms with Crippen molar-refractivity contribution in [2.75, 3.05) is 13.1 Å². The number of amides is 1. The smallest absolute Gasteiger partial charge is 0.422 e. The summed E-state index contributed by atoms with van der Waals surface area (Å²) in [5, 5.41) is 0. The Morgan fingerprint density at radius 1 is 1.42 bits per heavy atom. The fourth-order valence-electron chi connectivity index (χ4n) is 2.03. The summed E-state index contributed by atoms with van der Waals surface area (Å²) in [7, 11) is -3.84. The number of piperidine rings is 1. The molecule has 1 amide bonds. The van der Waals surface area contributed by atoms with Crippen LogP contribution in [0.1, 0.15) is 33.6 Å². The Balaban J connectivity index is 2.64. The first kappa shape index (κ1) is 16.2. The van der Waals surface area contributed by atoms with Gasteiger partial charge in [0.05, 0.1) is 6.10 Å². The molecule has 19 heavy (non-hydrogen) atoms. The third-order valence-electron chi connectivity index (χ3n) is 3.06. The molecule has 0 saturated carbocycles. The molecule has 112 valence electrons. The van der Waals surface area contributed by atoms with Crippen molar-refractivity contribution >= 4 is 16.3 Å². The molecule has 0 radical (unpaired) electrons. The standard InChI is InChI=1S/C11H23N3O4S/c1-8(2)18-11(15)13-19(16,17)14-6-4-5-10(7-14)9(3)12/h8-10H,4-7,12H2,1-3H3,(H,13,15). The molecule has 1 fully saturated rings. The van der Waals surface area contributed by atoms with Crippen LogP contribution in [0.2, 0.25) is 0 Å². The van der Waals surface area contributed by atoms with Crippen LogP contribution in [0.25, 0.3) is 0 Å². The van der Waals surface area contributed by atoms with Crippen LogP contribution in [0.4, 0.5) is 4.79 Å². The fraction of sp³-hybridized carbons (Fsp3) is 0.909. The summed E-state index contributed by atoms with van der Waals surface area (Å²) < 4.78 is 32.0. The Morgan fingerprint density at radius 2 is 2.05 bits per heavy atom. The molecule has 2 unspecified atom stereocenters. The topological polar surface area (TPSA) is 102 Å². The number of ether oxygens (including phenoxy) is 1. The summed E-state index contributed by atoms with van der Waals surface area (Å²) in [4.78, 5) is 11.4. The highest BCUT2D eigenvalue weighted by atomic mass is 32.2. The molecule has 0 aliphatic carbocycles. The van der Waals surface area contributed by atoms with Crippen molar-refractivity contribution in [3.05, 3.63) is 0 Å². The van der Waals surface area contributed by atoms with Crippen LogP contribution in [0, 0.1) is 5.92 Å². The second kappa shape index (κ2) is 6.53. The van der Waals surface area contributed by atoms with Crippen LogP contribution in [0.3, 0.4) is 0 Å². The van der Waals surface area contributed by atoms with E-state index in [1.165, 1.54) is 4.31 Å². The van der Waals surface area contributed by atoms with Gasteiger partial charge in [0.15, 0.2) is 0 Å². The quantitative estimate of drug-likeness (QED) is 0.782. The highest BCUT2D eigenvalue weighted by Crippen LogP contribution is 2.20. The van der Waals surface area contributed by atoms with E-state index in [1.807, 2.05) is 11.6 Å². The van der Waals surface area contributed by atoms with Crippen molar-refractivity contribution in [1.29, 1.82) is 0 Å². The molecule has 7 nitrogen and oxygen atoms in total. The molecule has 8 heteroatoms. The molecule has 3 N–H and O–H groups in total. The average Bonchev–Trinajstić information content (AvgIpc) is 2.27. The van der Waals surface area contributed by atoms with Gasteiger partial charge in [-0.3, -0.25) is 0 Å². The van der Waals surface area contributed by atoms with Crippen LogP contribution in [0.15, 0.2) is 0 Å². The van der Waals surface area contributed by atoms with E-state index >= 15 is 0 Å². The molecule has 0 spiro atoms. The second-order valence-electron chi connectivity index (χ2n) is 5.18. The first-order valence-electron chi connectivity index (χ1n) is 6.46. The number of rotatable bonds is 4. The molecule has 0 aromatic carbocycles. The number of carbonyl (C=O) groups is 1. The number of hydrogen-bond donors (Lipinski definition) is 2. The summed E-state index contributed by atoms with van der Waals surface area (Å²) in [6.45, 7) is 5.90. The predicted molar refractivity (Wildman–Crippen MR) is 71.6 cm³/mol. The monoisotopic (exact) mass is 293 g/mol. The van der Waals surface area contributed by atoms with E-state index < -0.39 is 16.3 Å². The summed E-state index contributed by atoms with van der Waals surface area (Å²) in [6, 6.07) is -0.0689. The Hall–Kier alpha value is -0.860. The lowest BCUT2D eigenvalue weighted by Gasteiger charge is -2.33. The van der Waals surface area contributed by atoms with Gasteiger partial charge in [-0.15, -0.1) is 0 Å². The lowest BCUT2D eigenvalue weighted by molar-refractivity contribution is 0.120. The third-order valence-corrected chi connectivity index (χ3v) is 4.50. The normalized spacial score (nSPS) is 23.1. The zero-order chi connectivity index (χ0) is 14.6. The maximum absolute atomic E-state index is 12.0. The largest absolute Gasteiger partial charge is 0.446 e. The summed E-state index contributed by atoms with van der Waals surface area (Å²) in [6.07, 6.45) is 0.332. The highest BCUT2D eigenvalue weighted by Gasteiger charge is 2.31. The fourth-order valence-corrected chi connectivity index (χ4v) is 3.17. The molecule has 1 aliphatic rings. The summed E-state index contributed by atoms with van der Waals surface area (Å²) >= 11 is 0. The van der Waals surface area contributed by atoms with E-state index in [9.17, 15) is 13.2 Å². The number of carbonyl (C=O) groups excluding carboxylic acids is 1. The van der Waals surface area contributed by atoms with Gasteiger partial charge in [-0.05, 0) is 39.5 Å². The van der Waals surface area contributed by atoms with Gasteiger partial charge in [0.1, 0.15) is 0 Å². The van der Waals surface area contributed by atoms with E-state index in [4.69, 9.17) is 10.5 Å². The molecule has 1 rings (SSSR count). The minimum Gasteiger partial charge on any atom is -0.446 e. The Morgan fingerprint density at radius 3 is 2.58 bits per heavy atom.